The standard InChI is InChI=1S/C23H26BrN3O3/c1-3-16(28)8-10-19-20(11-12-22(29)30-2)27-23(21-6-4-5-13-25-21)17-14-15(24)7-9-18(17)26-19/h4-7,9,13-14,16,20,28H,3,8,10-12H2,1-2H3/t16?,20-/m0/s1. The first-order chi connectivity index (χ1) is 14.5. The molecule has 1 unspecified atom stereocenters. The quantitative estimate of drug-likeness (QED) is 0.568. The van der Waals surface area contributed by atoms with Crippen LogP contribution in [0.3, 0.4) is 0 Å². The van der Waals surface area contributed by atoms with E-state index in [0.29, 0.717) is 25.7 Å². The molecule has 2 aromatic rings. The third kappa shape index (κ3) is 5.61. The highest BCUT2D eigenvalue weighted by Crippen LogP contribution is 2.31. The Balaban J connectivity index is 2.07. The number of rotatable bonds is 8. The van der Waals surface area contributed by atoms with E-state index >= 15 is 0 Å². The number of fused-ring (bicyclic) bond motifs is 1. The van der Waals surface area contributed by atoms with Crippen molar-refractivity contribution in [3.05, 3.63) is 58.3 Å². The smallest absolute Gasteiger partial charge is 0.305 e. The predicted molar refractivity (Wildman–Crippen MR) is 122 cm³/mol. The number of hydrogen-bond donors (Lipinski definition) is 1. The van der Waals surface area contributed by atoms with Crippen molar-refractivity contribution in [3.63, 3.8) is 0 Å². The van der Waals surface area contributed by atoms with Crippen molar-refractivity contribution in [2.75, 3.05) is 7.11 Å². The minimum Gasteiger partial charge on any atom is -0.469 e. The molecule has 3 rings (SSSR count). The zero-order valence-electron chi connectivity index (χ0n) is 17.2. The molecule has 30 heavy (non-hydrogen) atoms. The van der Waals surface area contributed by atoms with Gasteiger partial charge in [-0.1, -0.05) is 28.9 Å². The lowest BCUT2D eigenvalue weighted by Crippen LogP contribution is -2.23. The molecule has 6 nitrogen and oxygen atoms in total. The van der Waals surface area contributed by atoms with E-state index in [2.05, 4.69) is 20.9 Å². The van der Waals surface area contributed by atoms with Crippen LogP contribution < -0.4 is 0 Å². The lowest BCUT2D eigenvalue weighted by atomic mass is 9.99. The molecule has 2 atom stereocenters. The molecule has 0 saturated heterocycles. The van der Waals surface area contributed by atoms with E-state index in [1.165, 1.54) is 7.11 Å². The van der Waals surface area contributed by atoms with Crippen LogP contribution in [-0.2, 0) is 9.53 Å². The molecule has 0 saturated carbocycles. The summed E-state index contributed by atoms with van der Waals surface area (Å²) in [4.78, 5) is 26.3. The molecule has 0 aliphatic carbocycles. The average Bonchev–Trinajstić information content (AvgIpc) is 2.92. The van der Waals surface area contributed by atoms with Crippen molar-refractivity contribution >= 4 is 39.0 Å². The number of aliphatic hydroxyl groups is 1. The summed E-state index contributed by atoms with van der Waals surface area (Å²) in [6.07, 6.45) is 3.98. The second kappa shape index (κ2) is 10.6. The summed E-state index contributed by atoms with van der Waals surface area (Å²) >= 11 is 3.55. The first kappa shape index (κ1) is 22.3. The molecule has 1 N–H and O–H groups in total. The van der Waals surface area contributed by atoms with Gasteiger partial charge in [0.1, 0.15) is 0 Å². The third-order valence-corrected chi connectivity index (χ3v) is 5.60. The monoisotopic (exact) mass is 471 g/mol. The van der Waals surface area contributed by atoms with Gasteiger partial charge < -0.3 is 9.84 Å². The van der Waals surface area contributed by atoms with Crippen molar-refractivity contribution in [2.45, 2.75) is 51.2 Å². The second-order valence-corrected chi connectivity index (χ2v) is 8.10. The van der Waals surface area contributed by atoms with Gasteiger partial charge in [0.15, 0.2) is 0 Å². The Hall–Kier alpha value is -2.38. The van der Waals surface area contributed by atoms with Crippen LogP contribution >= 0.6 is 15.9 Å². The fourth-order valence-corrected chi connectivity index (χ4v) is 3.72. The van der Waals surface area contributed by atoms with E-state index in [1.807, 2.05) is 43.3 Å². The number of aliphatic imine (C=N–C) groups is 2. The van der Waals surface area contributed by atoms with E-state index in [9.17, 15) is 9.90 Å². The number of benzene rings is 1. The lowest BCUT2D eigenvalue weighted by Gasteiger charge is -2.16. The molecule has 0 bridgehead atoms. The van der Waals surface area contributed by atoms with Crippen molar-refractivity contribution < 1.29 is 14.6 Å². The van der Waals surface area contributed by atoms with Crippen molar-refractivity contribution in [2.24, 2.45) is 9.98 Å². The topological polar surface area (TPSA) is 84.1 Å². The van der Waals surface area contributed by atoms with Gasteiger partial charge in [0.05, 0.1) is 36.3 Å². The molecule has 0 spiro atoms. The van der Waals surface area contributed by atoms with Crippen LogP contribution in [-0.4, -0.2) is 46.7 Å². The van der Waals surface area contributed by atoms with Gasteiger partial charge in [-0.3, -0.25) is 19.8 Å². The molecule has 2 heterocycles. The molecule has 158 valence electrons. The lowest BCUT2D eigenvalue weighted by molar-refractivity contribution is -0.140. The summed E-state index contributed by atoms with van der Waals surface area (Å²) in [5, 5.41) is 10.1. The average molecular weight is 472 g/mol. The van der Waals surface area contributed by atoms with Crippen molar-refractivity contribution in [3.8, 4) is 0 Å². The SMILES string of the molecule is CCC(O)CCC1=Nc2ccc(Br)cc2C(c2ccccn2)=N[C@H]1CCC(=O)OC. The molecule has 1 aliphatic heterocycles. The minimum atomic E-state index is -0.388. The minimum absolute atomic E-state index is 0.246. The van der Waals surface area contributed by atoms with E-state index < -0.39 is 0 Å². The van der Waals surface area contributed by atoms with Crippen LogP contribution in [0.1, 0.15) is 50.3 Å². The van der Waals surface area contributed by atoms with E-state index in [1.54, 1.807) is 6.20 Å². The summed E-state index contributed by atoms with van der Waals surface area (Å²) in [5.74, 6) is -0.276. The zero-order valence-corrected chi connectivity index (χ0v) is 18.8. The highest BCUT2D eigenvalue weighted by Gasteiger charge is 2.25. The van der Waals surface area contributed by atoms with Gasteiger partial charge in [0, 0.05) is 28.4 Å². The van der Waals surface area contributed by atoms with Gasteiger partial charge in [0.2, 0.25) is 0 Å². The molecule has 7 heteroatoms. The molecule has 0 amide bonds. The molecule has 0 radical (unpaired) electrons. The van der Waals surface area contributed by atoms with Gasteiger partial charge >= 0.3 is 5.97 Å². The van der Waals surface area contributed by atoms with Crippen molar-refractivity contribution in [1.82, 2.24) is 4.98 Å². The Morgan fingerprint density at radius 1 is 1.30 bits per heavy atom. The van der Waals surface area contributed by atoms with Gasteiger partial charge in [-0.05, 0) is 56.0 Å². The number of nitrogens with zero attached hydrogens (tertiary/aromatic N) is 3. The van der Waals surface area contributed by atoms with Crippen LogP contribution in [0.5, 0.6) is 0 Å². The molecule has 0 fully saturated rings. The molecular weight excluding hydrogens is 446 g/mol. The summed E-state index contributed by atoms with van der Waals surface area (Å²) in [6.45, 7) is 1.96. The second-order valence-electron chi connectivity index (χ2n) is 7.19. The summed E-state index contributed by atoms with van der Waals surface area (Å²) in [7, 11) is 1.39. The Labute approximate surface area is 185 Å². The maximum absolute atomic E-state index is 11.8. The Morgan fingerprint density at radius 3 is 2.83 bits per heavy atom. The molecule has 1 aromatic carbocycles. The van der Waals surface area contributed by atoms with Gasteiger partial charge in [-0.2, -0.15) is 0 Å². The van der Waals surface area contributed by atoms with Gasteiger partial charge in [-0.25, -0.2) is 0 Å². The van der Waals surface area contributed by atoms with E-state index in [4.69, 9.17) is 14.7 Å². The number of ether oxygens (including phenoxy) is 1. The number of esters is 1. The van der Waals surface area contributed by atoms with Crippen LogP contribution in [0.2, 0.25) is 0 Å². The molecule has 1 aromatic heterocycles. The number of methoxy groups -OCH3 is 1. The fourth-order valence-electron chi connectivity index (χ4n) is 3.36. The molecular formula is C23H26BrN3O3. The van der Waals surface area contributed by atoms with Crippen LogP contribution in [0.15, 0.2) is 57.1 Å². The Bertz CT molecular complexity index is 944. The number of hydrogen-bond acceptors (Lipinski definition) is 6. The number of pyridine rings is 1. The number of carbonyl (C=O) groups excluding carboxylic acids is 1. The van der Waals surface area contributed by atoms with Gasteiger partial charge in [-0.15, -0.1) is 0 Å². The summed E-state index contributed by atoms with van der Waals surface area (Å²) in [5.41, 5.74) is 4.06. The van der Waals surface area contributed by atoms with Crippen LogP contribution in [0.4, 0.5) is 5.69 Å². The van der Waals surface area contributed by atoms with Gasteiger partial charge in [0.25, 0.3) is 0 Å². The normalized spacial score (nSPS) is 16.7. The zero-order chi connectivity index (χ0) is 21.5. The first-order valence-corrected chi connectivity index (χ1v) is 10.9. The number of carbonyl (C=O) groups is 1. The number of halogens is 1. The molecule has 1 aliphatic rings. The maximum Gasteiger partial charge on any atom is 0.305 e. The predicted octanol–water partition coefficient (Wildman–Crippen LogP) is 4.64. The maximum atomic E-state index is 11.8. The van der Waals surface area contributed by atoms with Crippen molar-refractivity contribution in [1.29, 1.82) is 0 Å². The van der Waals surface area contributed by atoms with E-state index in [-0.39, 0.29) is 24.5 Å². The third-order valence-electron chi connectivity index (χ3n) is 5.11. The van der Waals surface area contributed by atoms with E-state index in [0.717, 1.165) is 32.8 Å². The Kier molecular flexibility index (Phi) is 7.87. The van der Waals surface area contributed by atoms with Crippen LogP contribution in [0, 0.1) is 0 Å². The summed E-state index contributed by atoms with van der Waals surface area (Å²) in [6, 6.07) is 11.3. The largest absolute Gasteiger partial charge is 0.469 e. The fraction of sp³-hybridized carbons (Fsp3) is 0.391. The number of aliphatic hydroxyl groups excluding tert-OH is 1. The highest BCUT2D eigenvalue weighted by molar-refractivity contribution is 9.10. The number of aromatic nitrogens is 1. The Morgan fingerprint density at radius 2 is 2.13 bits per heavy atom. The van der Waals surface area contributed by atoms with Crippen LogP contribution in [0.25, 0.3) is 0 Å². The first-order valence-electron chi connectivity index (χ1n) is 10.1. The highest BCUT2D eigenvalue weighted by atomic mass is 79.9. The summed E-state index contributed by atoms with van der Waals surface area (Å²) < 4.78 is 5.75.